The van der Waals surface area contributed by atoms with Crippen LogP contribution in [-0.4, -0.2) is 19.9 Å². The Bertz CT molecular complexity index is 88.9. The molecule has 1 heterocycles. The molecule has 1 aliphatic rings. The van der Waals surface area contributed by atoms with Gasteiger partial charge in [0.15, 0.2) is 19.9 Å². The Morgan fingerprint density at radius 2 is 2.00 bits per heavy atom. The van der Waals surface area contributed by atoms with Crippen molar-refractivity contribution in [3.8, 4) is 0 Å². The molecule has 1 aliphatic heterocycles. The van der Waals surface area contributed by atoms with Crippen LogP contribution in [0.1, 0.15) is 20.3 Å². The molecule has 3 nitrogen and oxygen atoms in total. The van der Waals surface area contributed by atoms with E-state index in [0.29, 0.717) is 19.5 Å². The predicted octanol–water partition coefficient (Wildman–Crippen LogP) is 1.34. The van der Waals surface area contributed by atoms with Crippen molar-refractivity contribution in [1.29, 1.82) is 0 Å². The summed E-state index contributed by atoms with van der Waals surface area (Å²) in [6, 6.07) is 0. The van der Waals surface area contributed by atoms with Crippen LogP contribution < -0.4 is 0 Å². The summed E-state index contributed by atoms with van der Waals surface area (Å²) in [5.74, 6) is 0.462. The number of hydrogen-bond acceptors (Lipinski definition) is 3. The molecule has 1 fully saturated rings. The minimum Gasteiger partial charge on any atom is -0.329 e. The fourth-order valence-electron chi connectivity index (χ4n) is 0.833. The first-order valence-corrected chi connectivity index (χ1v) is 3.65. The van der Waals surface area contributed by atoms with Gasteiger partial charge < -0.3 is 14.2 Å². The average molecular weight is 146 g/mol. The molecule has 0 bridgehead atoms. The van der Waals surface area contributed by atoms with Crippen LogP contribution in [0.15, 0.2) is 0 Å². The van der Waals surface area contributed by atoms with E-state index in [0.717, 1.165) is 6.42 Å². The van der Waals surface area contributed by atoms with Crippen LogP contribution in [0, 0.1) is 5.92 Å². The van der Waals surface area contributed by atoms with Crippen molar-refractivity contribution < 1.29 is 14.2 Å². The second-order valence-electron chi connectivity index (χ2n) is 2.53. The van der Waals surface area contributed by atoms with E-state index in [1.54, 1.807) is 0 Å². The summed E-state index contributed by atoms with van der Waals surface area (Å²) in [5.41, 5.74) is 0. The number of hydrogen-bond donors (Lipinski definition) is 0. The SMILES string of the molecule is CCC(C)C1OCOCO1. The van der Waals surface area contributed by atoms with Crippen molar-refractivity contribution in [1.82, 2.24) is 0 Å². The molecule has 0 radical (unpaired) electrons. The first-order valence-electron chi connectivity index (χ1n) is 3.65. The Morgan fingerprint density at radius 3 is 2.50 bits per heavy atom. The van der Waals surface area contributed by atoms with Gasteiger partial charge in [-0.1, -0.05) is 13.8 Å². The van der Waals surface area contributed by atoms with Gasteiger partial charge in [0.1, 0.15) is 0 Å². The minimum atomic E-state index is -0.0567. The maximum Gasteiger partial charge on any atom is 0.165 e. The normalized spacial score (nSPS) is 24.6. The first kappa shape index (κ1) is 7.98. The summed E-state index contributed by atoms with van der Waals surface area (Å²) in [6.45, 7) is 4.97. The van der Waals surface area contributed by atoms with Crippen molar-refractivity contribution in [3.05, 3.63) is 0 Å². The van der Waals surface area contributed by atoms with E-state index in [2.05, 4.69) is 13.8 Å². The van der Waals surface area contributed by atoms with Crippen LogP contribution in [0.4, 0.5) is 0 Å². The molecule has 0 amide bonds. The quantitative estimate of drug-likeness (QED) is 0.588. The lowest BCUT2D eigenvalue weighted by atomic mass is 10.1. The van der Waals surface area contributed by atoms with Crippen LogP contribution in [-0.2, 0) is 14.2 Å². The van der Waals surface area contributed by atoms with Gasteiger partial charge in [0.2, 0.25) is 0 Å². The summed E-state index contributed by atoms with van der Waals surface area (Å²) in [4.78, 5) is 0. The summed E-state index contributed by atoms with van der Waals surface area (Å²) in [5, 5.41) is 0. The van der Waals surface area contributed by atoms with E-state index >= 15 is 0 Å². The molecule has 1 rings (SSSR count). The van der Waals surface area contributed by atoms with Gasteiger partial charge in [0, 0.05) is 5.92 Å². The summed E-state index contributed by atoms with van der Waals surface area (Å²) >= 11 is 0. The largest absolute Gasteiger partial charge is 0.329 e. The van der Waals surface area contributed by atoms with Gasteiger partial charge in [0.05, 0.1) is 0 Å². The zero-order valence-electron chi connectivity index (χ0n) is 6.50. The highest BCUT2D eigenvalue weighted by Gasteiger charge is 2.19. The van der Waals surface area contributed by atoms with E-state index in [1.807, 2.05) is 0 Å². The van der Waals surface area contributed by atoms with Crippen molar-refractivity contribution >= 4 is 0 Å². The molecule has 3 heteroatoms. The molecule has 60 valence electrons. The molecule has 0 aromatic carbocycles. The van der Waals surface area contributed by atoms with E-state index in [1.165, 1.54) is 0 Å². The van der Waals surface area contributed by atoms with Gasteiger partial charge in [-0.25, -0.2) is 0 Å². The van der Waals surface area contributed by atoms with Crippen molar-refractivity contribution in [2.75, 3.05) is 13.6 Å². The lowest BCUT2D eigenvalue weighted by molar-refractivity contribution is -0.312. The number of ether oxygens (including phenoxy) is 3. The molecule has 1 unspecified atom stereocenters. The van der Waals surface area contributed by atoms with Crippen LogP contribution >= 0.6 is 0 Å². The highest BCUT2D eigenvalue weighted by molar-refractivity contribution is 4.54. The summed E-state index contributed by atoms with van der Waals surface area (Å²) in [7, 11) is 0. The molecule has 0 aromatic rings. The molecule has 1 saturated heterocycles. The first-order chi connectivity index (χ1) is 4.84. The third kappa shape index (κ3) is 1.94. The maximum atomic E-state index is 5.19. The molecule has 0 aliphatic carbocycles. The predicted molar refractivity (Wildman–Crippen MR) is 36.2 cm³/mol. The second kappa shape index (κ2) is 3.91. The van der Waals surface area contributed by atoms with E-state index in [9.17, 15) is 0 Å². The number of rotatable bonds is 2. The molecule has 0 N–H and O–H groups in total. The molecule has 0 saturated carbocycles. The fraction of sp³-hybridized carbons (Fsp3) is 1.00. The molecular weight excluding hydrogens is 132 g/mol. The smallest absolute Gasteiger partial charge is 0.165 e. The lowest BCUT2D eigenvalue weighted by Gasteiger charge is -2.27. The zero-order valence-corrected chi connectivity index (χ0v) is 6.50. The van der Waals surface area contributed by atoms with Crippen molar-refractivity contribution in [2.24, 2.45) is 5.92 Å². The lowest BCUT2D eigenvalue weighted by Crippen LogP contribution is -2.31. The Balaban J connectivity index is 2.24. The standard InChI is InChI=1S/C7H14O3/c1-3-6(2)7-9-4-8-5-10-7/h6-7H,3-5H2,1-2H3. The zero-order chi connectivity index (χ0) is 7.40. The van der Waals surface area contributed by atoms with Crippen LogP contribution in [0.3, 0.4) is 0 Å². The topological polar surface area (TPSA) is 27.7 Å². The van der Waals surface area contributed by atoms with Gasteiger partial charge in [-0.2, -0.15) is 0 Å². The third-order valence-corrected chi connectivity index (χ3v) is 1.74. The maximum absolute atomic E-state index is 5.19. The molecular formula is C7H14O3. The van der Waals surface area contributed by atoms with Crippen molar-refractivity contribution in [2.45, 2.75) is 26.6 Å². The van der Waals surface area contributed by atoms with Crippen molar-refractivity contribution in [3.63, 3.8) is 0 Å². The average Bonchev–Trinajstić information content (AvgIpc) is 2.05. The van der Waals surface area contributed by atoms with Gasteiger partial charge in [-0.3, -0.25) is 0 Å². The highest BCUT2D eigenvalue weighted by atomic mass is 16.8. The molecule has 10 heavy (non-hydrogen) atoms. The van der Waals surface area contributed by atoms with E-state index < -0.39 is 0 Å². The van der Waals surface area contributed by atoms with Crippen LogP contribution in [0.25, 0.3) is 0 Å². The van der Waals surface area contributed by atoms with Gasteiger partial charge >= 0.3 is 0 Å². The summed E-state index contributed by atoms with van der Waals surface area (Å²) in [6.07, 6.45) is 1.02. The minimum absolute atomic E-state index is 0.0567. The Hall–Kier alpha value is -0.120. The Labute approximate surface area is 61.3 Å². The molecule has 0 aromatic heterocycles. The van der Waals surface area contributed by atoms with Crippen LogP contribution in [0.5, 0.6) is 0 Å². The molecule has 0 spiro atoms. The molecule has 1 atom stereocenters. The highest BCUT2D eigenvalue weighted by Crippen LogP contribution is 2.15. The van der Waals surface area contributed by atoms with Gasteiger partial charge in [-0.05, 0) is 6.42 Å². The monoisotopic (exact) mass is 146 g/mol. The summed E-state index contributed by atoms with van der Waals surface area (Å²) < 4.78 is 15.2. The van der Waals surface area contributed by atoms with Gasteiger partial charge in [-0.15, -0.1) is 0 Å². The third-order valence-electron chi connectivity index (χ3n) is 1.74. The van der Waals surface area contributed by atoms with Gasteiger partial charge in [0.25, 0.3) is 0 Å². The Morgan fingerprint density at radius 1 is 1.40 bits per heavy atom. The van der Waals surface area contributed by atoms with E-state index in [-0.39, 0.29) is 6.29 Å². The second-order valence-corrected chi connectivity index (χ2v) is 2.53. The van der Waals surface area contributed by atoms with Crippen LogP contribution in [0.2, 0.25) is 0 Å². The fourth-order valence-corrected chi connectivity index (χ4v) is 0.833. The Kier molecular flexibility index (Phi) is 3.12. The van der Waals surface area contributed by atoms with E-state index in [4.69, 9.17) is 14.2 Å².